The summed E-state index contributed by atoms with van der Waals surface area (Å²) < 4.78 is 41.4. The van der Waals surface area contributed by atoms with E-state index in [2.05, 4.69) is 14.7 Å². The highest BCUT2D eigenvalue weighted by molar-refractivity contribution is 7.92. The monoisotopic (exact) mass is 476 g/mol. The number of nitrogens with one attached hydrogen (secondary N) is 1. The average Bonchev–Trinajstić information content (AvgIpc) is 3.25. The summed E-state index contributed by atoms with van der Waals surface area (Å²) >= 11 is 1.12. The summed E-state index contributed by atoms with van der Waals surface area (Å²) in [4.78, 5) is 4.66. The van der Waals surface area contributed by atoms with Crippen molar-refractivity contribution >= 4 is 26.5 Å². The van der Waals surface area contributed by atoms with E-state index in [4.69, 9.17) is 15.2 Å². The Bertz CT molecular complexity index is 1100. The number of sulfone groups is 1. The number of methoxy groups -OCH3 is 2. The van der Waals surface area contributed by atoms with Gasteiger partial charge in [0.2, 0.25) is 15.0 Å². The van der Waals surface area contributed by atoms with Crippen LogP contribution >= 0.6 is 11.5 Å². The lowest BCUT2D eigenvalue weighted by molar-refractivity contribution is 0.414. The fourth-order valence-electron chi connectivity index (χ4n) is 3.24. The molecule has 10 heteroatoms. The van der Waals surface area contributed by atoms with Crippen LogP contribution in [0.25, 0.3) is 0 Å². The maximum Gasteiger partial charge on any atom is 0.203 e. The quantitative estimate of drug-likeness (QED) is 0.432. The molecule has 0 amide bonds. The third-order valence-electron chi connectivity index (χ3n) is 4.99. The lowest BCUT2D eigenvalue weighted by Crippen LogP contribution is -2.45. The van der Waals surface area contributed by atoms with Gasteiger partial charge >= 0.3 is 0 Å². The minimum Gasteiger partial charge on any atom is -0.497 e. The second-order valence-corrected chi connectivity index (χ2v) is 10.1. The maximum absolute atomic E-state index is 13.4. The van der Waals surface area contributed by atoms with Crippen LogP contribution in [0.15, 0.2) is 53.4 Å². The number of aromatic nitrogens is 2. The number of nitrogens with zero attached hydrogens (tertiary/aromatic N) is 2. The number of anilines is 1. The first-order chi connectivity index (χ1) is 15.4. The Morgan fingerprint density at radius 2 is 1.62 bits per heavy atom. The zero-order valence-corrected chi connectivity index (χ0v) is 19.9. The van der Waals surface area contributed by atoms with Crippen molar-refractivity contribution in [2.24, 2.45) is 5.73 Å². The maximum atomic E-state index is 13.4. The van der Waals surface area contributed by atoms with Crippen molar-refractivity contribution < 1.29 is 17.9 Å². The zero-order valence-electron chi connectivity index (χ0n) is 18.3. The number of hydrogen-bond donors (Lipinski definition) is 2. The number of nitrogens with two attached hydrogens (primary N) is 1. The first kappa shape index (κ1) is 24.0. The molecule has 1 heterocycles. The Balaban J connectivity index is 1.80. The molecular weight excluding hydrogens is 448 g/mol. The smallest absolute Gasteiger partial charge is 0.203 e. The van der Waals surface area contributed by atoms with Crippen LogP contribution in [0.2, 0.25) is 0 Å². The van der Waals surface area contributed by atoms with Gasteiger partial charge in [0.25, 0.3) is 0 Å². The molecule has 0 aliphatic heterocycles. The number of hydrogen-bond acceptors (Lipinski definition) is 9. The van der Waals surface area contributed by atoms with Gasteiger partial charge in [0.1, 0.15) is 17.3 Å². The van der Waals surface area contributed by atoms with Crippen molar-refractivity contribution in [3.8, 4) is 11.5 Å². The minimum absolute atomic E-state index is 0.172. The Hall–Kier alpha value is -2.69. The fraction of sp³-hybridized carbons (Fsp3) is 0.364. The van der Waals surface area contributed by atoms with Gasteiger partial charge in [0.15, 0.2) is 5.37 Å². The van der Waals surface area contributed by atoms with E-state index in [0.29, 0.717) is 29.5 Å². The molecule has 0 fully saturated rings. The predicted molar refractivity (Wildman–Crippen MR) is 126 cm³/mol. The van der Waals surface area contributed by atoms with Gasteiger partial charge in [-0.2, -0.15) is 4.37 Å². The second kappa shape index (κ2) is 10.8. The summed E-state index contributed by atoms with van der Waals surface area (Å²) in [5, 5.41) is 2.42. The summed E-state index contributed by atoms with van der Waals surface area (Å²) in [5.41, 5.74) is 7.32. The molecule has 0 saturated carbocycles. The van der Waals surface area contributed by atoms with Crippen LogP contribution < -0.4 is 20.5 Å². The van der Waals surface area contributed by atoms with Crippen LogP contribution in [-0.4, -0.2) is 43.4 Å². The van der Waals surface area contributed by atoms with E-state index in [-0.39, 0.29) is 4.90 Å². The summed E-state index contributed by atoms with van der Waals surface area (Å²) in [6.07, 6.45) is 1.83. The molecule has 3 rings (SSSR count). The number of benzene rings is 2. The second-order valence-electron chi connectivity index (χ2n) is 7.28. The van der Waals surface area contributed by atoms with E-state index in [1.54, 1.807) is 19.2 Å². The van der Waals surface area contributed by atoms with Gasteiger partial charge in [-0.25, -0.2) is 13.4 Å². The fourth-order valence-corrected chi connectivity index (χ4v) is 5.61. The molecule has 32 heavy (non-hydrogen) atoms. The molecule has 0 spiro atoms. The van der Waals surface area contributed by atoms with Crippen molar-refractivity contribution in [2.45, 2.75) is 42.5 Å². The molecule has 172 valence electrons. The van der Waals surface area contributed by atoms with Crippen molar-refractivity contribution in [3.05, 3.63) is 59.9 Å². The van der Waals surface area contributed by atoms with Crippen LogP contribution in [0.1, 0.15) is 31.2 Å². The van der Waals surface area contributed by atoms with Gasteiger partial charge in [-0.3, -0.25) is 0 Å². The van der Waals surface area contributed by atoms with Gasteiger partial charge in [-0.05, 0) is 48.4 Å². The van der Waals surface area contributed by atoms with E-state index < -0.39 is 21.3 Å². The van der Waals surface area contributed by atoms with Gasteiger partial charge in [-0.1, -0.05) is 25.5 Å². The molecule has 0 bridgehead atoms. The minimum atomic E-state index is -3.77. The Morgan fingerprint density at radius 1 is 1.03 bits per heavy atom. The lowest BCUT2D eigenvalue weighted by Gasteiger charge is -2.24. The summed E-state index contributed by atoms with van der Waals surface area (Å²) in [6.45, 7) is 1.97. The van der Waals surface area contributed by atoms with Crippen molar-refractivity contribution in [1.29, 1.82) is 0 Å². The zero-order chi connectivity index (χ0) is 23.1. The molecule has 8 nitrogen and oxygen atoms in total. The first-order valence-electron chi connectivity index (χ1n) is 10.2. The highest BCUT2D eigenvalue weighted by atomic mass is 32.2. The van der Waals surface area contributed by atoms with Gasteiger partial charge < -0.3 is 20.5 Å². The number of ether oxygens (including phenoxy) is 2. The standard InChI is InChI=1S/C22H28N4O4S2/c1-4-5-19(23)21(32(27,28)18-12-10-17(30-3)11-13-18)25-22-24-20(26-31-22)14-15-6-8-16(29-2)9-7-15/h6-13,19,21H,4-5,14,23H2,1-3H3,(H,24,25,26). The highest BCUT2D eigenvalue weighted by Crippen LogP contribution is 2.25. The van der Waals surface area contributed by atoms with Crippen molar-refractivity contribution in [1.82, 2.24) is 9.36 Å². The Morgan fingerprint density at radius 3 is 2.19 bits per heavy atom. The molecule has 0 aliphatic carbocycles. The van der Waals surface area contributed by atoms with E-state index >= 15 is 0 Å². The molecule has 1 aromatic heterocycles. The molecule has 0 saturated heterocycles. The summed E-state index contributed by atoms with van der Waals surface area (Å²) in [5.74, 6) is 1.96. The van der Waals surface area contributed by atoms with E-state index in [1.165, 1.54) is 19.2 Å². The molecule has 2 aromatic carbocycles. The Labute approximate surface area is 192 Å². The van der Waals surface area contributed by atoms with Crippen LogP contribution in [0, 0.1) is 0 Å². The molecule has 0 aliphatic rings. The largest absolute Gasteiger partial charge is 0.497 e. The number of rotatable bonds is 11. The van der Waals surface area contributed by atoms with Crippen molar-refractivity contribution in [3.63, 3.8) is 0 Å². The van der Waals surface area contributed by atoms with E-state index in [9.17, 15) is 8.42 Å². The molecule has 2 unspecified atom stereocenters. The SMILES string of the molecule is CCCC(N)C(Nc1nc(Cc2ccc(OC)cc2)ns1)S(=O)(=O)c1ccc(OC)cc1. The topological polar surface area (TPSA) is 116 Å². The average molecular weight is 477 g/mol. The van der Waals surface area contributed by atoms with Crippen molar-refractivity contribution in [2.75, 3.05) is 19.5 Å². The van der Waals surface area contributed by atoms with Gasteiger partial charge in [0.05, 0.1) is 19.1 Å². The molecule has 0 radical (unpaired) electrons. The Kier molecular flexibility index (Phi) is 8.05. The lowest BCUT2D eigenvalue weighted by atomic mass is 10.1. The molecular formula is C22H28N4O4S2. The third-order valence-corrected chi connectivity index (χ3v) is 7.74. The van der Waals surface area contributed by atoms with E-state index in [1.807, 2.05) is 31.2 Å². The van der Waals surface area contributed by atoms with E-state index in [0.717, 1.165) is 29.3 Å². The molecule has 3 aromatic rings. The van der Waals surface area contributed by atoms with Crippen LogP contribution in [0.5, 0.6) is 11.5 Å². The first-order valence-corrected chi connectivity index (χ1v) is 12.5. The van der Waals surface area contributed by atoms with Gasteiger partial charge in [0, 0.05) is 24.0 Å². The third kappa shape index (κ3) is 5.76. The van der Waals surface area contributed by atoms with Crippen LogP contribution in [0.4, 0.5) is 5.13 Å². The van der Waals surface area contributed by atoms with Gasteiger partial charge in [-0.15, -0.1) is 0 Å². The predicted octanol–water partition coefficient (Wildman–Crippen LogP) is 3.49. The summed E-state index contributed by atoms with van der Waals surface area (Å²) in [6, 6.07) is 13.3. The molecule has 3 N–H and O–H groups in total. The normalized spacial score (nSPS) is 13.4. The highest BCUT2D eigenvalue weighted by Gasteiger charge is 2.33. The van der Waals surface area contributed by atoms with Crippen LogP contribution in [0.3, 0.4) is 0 Å². The molecule has 2 atom stereocenters. The van der Waals surface area contributed by atoms with Crippen LogP contribution in [-0.2, 0) is 16.3 Å². The summed E-state index contributed by atoms with van der Waals surface area (Å²) in [7, 11) is -0.618.